The lowest BCUT2D eigenvalue weighted by Gasteiger charge is -2.11. The highest BCUT2D eigenvalue weighted by molar-refractivity contribution is 6.32. The Hall–Kier alpha value is -2.04. The Morgan fingerprint density at radius 1 is 1.21 bits per heavy atom. The van der Waals surface area contributed by atoms with Gasteiger partial charge in [0.05, 0.1) is 17.2 Å². The first-order valence-electron chi connectivity index (χ1n) is 5.58. The van der Waals surface area contributed by atoms with Crippen molar-refractivity contribution in [3.63, 3.8) is 0 Å². The van der Waals surface area contributed by atoms with Gasteiger partial charge in [0.1, 0.15) is 11.5 Å². The van der Waals surface area contributed by atoms with Crippen LogP contribution in [-0.2, 0) is 6.61 Å². The van der Waals surface area contributed by atoms with Gasteiger partial charge in [0.2, 0.25) is 0 Å². The molecule has 19 heavy (non-hydrogen) atoms. The molecular formula is C14H12ClNO3. The van der Waals surface area contributed by atoms with Crippen molar-refractivity contribution in [2.75, 3.05) is 0 Å². The third-order valence-electron chi connectivity index (χ3n) is 2.55. The van der Waals surface area contributed by atoms with Crippen LogP contribution in [0.5, 0.6) is 11.5 Å². The number of carbonyl (C=O) groups excluding carboxylic acids is 1. The molecule has 2 rings (SSSR count). The second-order valence-corrected chi connectivity index (χ2v) is 4.29. The van der Waals surface area contributed by atoms with Crippen molar-refractivity contribution >= 4 is 17.5 Å². The summed E-state index contributed by atoms with van der Waals surface area (Å²) in [7, 11) is 0. The number of ether oxygens (including phenoxy) is 1. The van der Waals surface area contributed by atoms with Gasteiger partial charge in [0, 0.05) is 0 Å². The van der Waals surface area contributed by atoms with E-state index >= 15 is 0 Å². The molecule has 0 fully saturated rings. The van der Waals surface area contributed by atoms with Gasteiger partial charge < -0.3 is 15.6 Å². The van der Waals surface area contributed by atoms with Crippen LogP contribution in [0.15, 0.2) is 42.5 Å². The molecule has 0 bridgehead atoms. The first kappa shape index (κ1) is 13.4. The standard InChI is InChI=1S/C14H12ClNO3/c15-11-7-9(8-17)5-6-13(11)19-12-4-2-1-3-10(12)14(16)18/h1-7,17H,8H2,(H2,16,18). The summed E-state index contributed by atoms with van der Waals surface area (Å²) in [6.45, 7) is -0.0993. The molecule has 3 N–H and O–H groups in total. The monoisotopic (exact) mass is 277 g/mol. The Labute approximate surface area is 115 Å². The summed E-state index contributed by atoms with van der Waals surface area (Å²) in [6.07, 6.45) is 0. The highest BCUT2D eigenvalue weighted by Gasteiger charge is 2.11. The van der Waals surface area contributed by atoms with Gasteiger partial charge in [0.25, 0.3) is 5.91 Å². The van der Waals surface area contributed by atoms with Crippen LogP contribution in [0.2, 0.25) is 5.02 Å². The van der Waals surface area contributed by atoms with Gasteiger partial charge in [-0.25, -0.2) is 0 Å². The molecule has 4 nitrogen and oxygen atoms in total. The minimum Gasteiger partial charge on any atom is -0.455 e. The molecule has 2 aromatic carbocycles. The Bertz CT molecular complexity index is 613. The smallest absolute Gasteiger partial charge is 0.252 e. The maximum atomic E-state index is 11.3. The number of para-hydroxylation sites is 1. The van der Waals surface area contributed by atoms with Gasteiger partial charge in [-0.3, -0.25) is 4.79 Å². The SMILES string of the molecule is NC(=O)c1ccccc1Oc1ccc(CO)cc1Cl. The Balaban J connectivity index is 2.34. The minimum absolute atomic E-state index is 0.0993. The number of amides is 1. The first-order chi connectivity index (χ1) is 9.11. The van der Waals surface area contributed by atoms with Crippen molar-refractivity contribution in [2.45, 2.75) is 6.61 Å². The van der Waals surface area contributed by atoms with E-state index in [1.165, 1.54) is 0 Å². The van der Waals surface area contributed by atoms with Crippen LogP contribution >= 0.6 is 11.6 Å². The number of hydrogen-bond donors (Lipinski definition) is 2. The summed E-state index contributed by atoms with van der Waals surface area (Å²) < 4.78 is 5.59. The lowest BCUT2D eigenvalue weighted by atomic mass is 10.2. The van der Waals surface area contributed by atoms with E-state index in [9.17, 15) is 4.79 Å². The van der Waals surface area contributed by atoms with Crippen LogP contribution in [0.25, 0.3) is 0 Å². The molecule has 0 saturated heterocycles. The number of hydrogen-bond acceptors (Lipinski definition) is 3. The zero-order chi connectivity index (χ0) is 13.8. The predicted octanol–water partition coefficient (Wildman–Crippen LogP) is 2.72. The Morgan fingerprint density at radius 3 is 2.58 bits per heavy atom. The summed E-state index contributed by atoms with van der Waals surface area (Å²) in [5, 5.41) is 9.35. The number of halogens is 1. The molecule has 0 radical (unpaired) electrons. The fourth-order valence-corrected chi connectivity index (χ4v) is 1.84. The second-order valence-electron chi connectivity index (χ2n) is 3.89. The fourth-order valence-electron chi connectivity index (χ4n) is 1.60. The van der Waals surface area contributed by atoms with E-state index < -0.39 is 5.91 Å². The van der Waals surface area contributed by atoms with Crippen molar-refractivity contribution in [3.8, 4) is 11.5 Å². The van der Waals surface area contributed by atoms with E-state index in [0.717, 1.165) is 0 Å². The van der Waals surface area contributed by atoms with E-state index in [0.29, 0.717) is 22.1 Å². The van der Waals surface area contributed by atoms with Crippen LogP contribution in [0, 0.1) is 0 Å². The summed E-state index contributed by atoms with van der Waals surface area (Å²) >= 11 is 6.04. The molecular weight excluding hydrogens is 266 g/mol. The average molecular weight is 278 g/mol. The van der Waals surface area contributed by atoms with Crippen molar-refractivity contribution in [1.82, 2.24) is 0 Å². The molecule has 2 aromatic rings. The molecule has 0 heterocycles. The van der Waals surface area contributed by atoms with Crippen LogP contribution < -0.4 is 10.5 Å². The lowest BCUT2D eigenvalue weighted by molar-refractivity contribution is 0.0998. The summed E-state index contributed by atoms with van der Waals surface area (Å²) in [4.78, 5) is 11.3. The number of rotatable bonds is 4. The molecule has 0 aromatic heterocycles. The lowest BCUT2D eigenvalue weighted by Crippen LogP contribution is -2.12. The number of nitrogens with two attached hydrogens (primary N) is 1. The van der Waals surface area contributed by atoms with E-state index in [-0.39, 0.29) is 12.2 Å². The zero-order valence-electron chi connectivity index (χ0n) is 9.97. The number of aliphatic hydroxyl groups excluding tert-OH is 1. The highest BCUT2D eigenvalue weighted by Crippen LogP contribution is 2.31. The summed E-state index contributed by atoms with van der Waals surface area (Å²) in [6, 6.07) is 11.6. The molecule has 0 unspecified atom stereocenters. The Kier molecular flexibility index (Phi) is 4.04. The van der Waals surface area contributed by atoms with E-state index in [1.807, 2.05) is 0 Å². The first-order valence-corrected chi connectivity index (χ1v) is 5.95. The van der Waals surface area contributed by atoms with Crippen LogP contribution in [-0.4, -0.2) is 11.0 Å². The molecule has 5 heteroatoms. The molecule has 0 spiro atoms. The van der Waals surface area contributed by atoms with Crippen molar-refractivity contribution in [3.05, 3.63) is 58.6 Å². The van der Waals surface area contributed by atoms with Crippen molar-refractivity contribution < 1.29 is 14.6 Å². The van der Waals surface area contributed by atoms with Gasteiger partial charge in [0.15, 0.2) is 0 Å². The second kappa shape index (κ2) is 5.73. The van der Waals surface area contributed by atoms with Gasteiger partial charge in [-0.2, -0.15) is 0 Å². The average Bonchev–Trinajstić information content (AvgIpc) is 2.41. The topological polar surface area (TPSA) is 72.6 Å². The van der Waals surface area contributed by atoms with Gasteiger partial charge in [-0.1, -0.05) is 29.8 Å². The molecule has 0 aliphatic rings. The molecule has 0 aliphatic heterocycles. The molecule has 0 atom stereocenters. The quantitative estimate of drug-likeness (QED) is 0.902. The third-order valence-corrected chi connectivity index (χ3v) is 2.85. The van der Waals surface area contributed by atoms with Crippen LogP contribution in [0.4, 0.5) is 0 Å². The maximum Gasteiger partial charge on any atom is 0.252 e. The van der Waals surface area contributed by atoms with Crippen molar-refractivity contribution in [2.24, 2.45) is 5.73 Å². The van der Waals surface area contributed by atoms with Crippen molar-refractivity contribution in [1.29, 1.82) is 0 Å². The van der Waals surface area contributed by atoms with E-state index in [1.54, 1.807) is 42.5 Å². The van der Waals surface area contributed by atoms with Crippen LogP contribution in [0.1, 0.15) is 15.9 Å². The predicted molar refractivity (Wildman–Crippen MR) is 72.4 cm³/mol. The van der Waals surface area contributed by atoms with Crippen LogP contribution in [0.3, 0.4) is 0 Å². The normalized spacial score (nSPS) is 10.2. The molecule has 0 saturated carbocycles. The molecule has 0 aliphatic carbocycles. The summed E-state index contributed by atoms with van der Waals surface area (Å²) in [5.41, 5.74) is 6.23. The largest absolute Gasteiger partial charge is 0.455 e. The molecule has 98 valence electrons. The number of carbonyl (C=O) groups is 1. The molecule has 1 amide bonds. The highest BCUT2D eigenvalue weighted by atomic mass is 35.5. The van der Waals surface area contributed by atoms with Gasteiger partial charge >= 0.3 is 0 Å². The Morgan fingerprint density at radius 2 is 1.95 bits per heavy atom. The van der Waals surface area contributed by atoms with E-state index in [2.05, 4.69) is 0 Å². The van der Waals surface area contributed by atoms with E-state index in [4.69, 9.17) is 27.2 Å². The zero-order valence-corrected chi connectivity index (χ0v) is 10.7. The minimum atomic E-state index is -0.571. The number of benzene rings is 2. The van der Waals surface area contributed by atoms with Gasteiger partial charge in [-0.15, -0.1) is 0 Å². The van der Waals surface area contributed by atoms with Gasteiger partial charge in [-0.05, 0) is 29.8 Å². The number of aliphatic hydroxyl groups is 1. The summed E-state index contributed by atoms with van der Waals surface area (Å²) in [5.74, 6) is 0.167. The fraction of sp³-hybridized carbons (Fsp3) is 0.0714. The number of primary amides is 1. The maximum absolute atomic E-state index is 11.3. The third kappa shape index (κ3) is 3.05.